The molecule has 0 fully saturated rings. The third kappa shape index (κ3) is 60.9. The van der Waals surface area contributed by atoms with Crippen molar-refractivity contribution in [3.8, 4) is 0 Å². The quantitative estimate of drug-likeness (QED) is 0.0222. The van der Waals surface area contributed by atoms with E-state index in [1.807, 2.05) is 0 Å². The first-order valence-corrected chi connectivity index (χ1v) is 38.1. The number of esters is 4. The Kier molecular flexibility index (Phi) is 59.2. The number of aliphatic hydroxyl groups excluding tert-OH is 1. The van der Waals surface area contributed by atoms with Crippen LogP contribution in [0.4, 0.5) is 0 Å². The molecule has 0 aromatic carbocycles. The SMILES string of the molecule is CCCCCCCCCCCCCCCC(=O)O[C@H](COC(=O)CCCCCCCCCCCCCC)COP(=O)(O)OC[C@@H](O)COP(=O)(O)OC[C@@H](COC(=O)CCCCCCCCCCCC)OC(=O)CCCCCCCCCCC(C)C. The minimum Gasteiger partial charge on any atom is -0.462 e. The Bertz CT molecular complexity index is 1670. The van der Waals surface area contributed by atoms with Gasteiger partial charge in [-0.05, 0) is 31.6 Å². The van der Waals surface area contributed by atoms with Crippen molar-refractivity contribution in [3.05, 3.63) is 0 Å². The van der Waals surface area contributed by atoms with Crippen LogP contribution in [0.1, 0.15) is 343 Å². The molecule has 0 amide bonds. The van der Waals surface area contributed by atoms with Gasteiger partial charge in [-0.25, -0.2) is 9.13 Å². The summed E-state index contributed by atoms with van der Waals surface area (Å²) < 4.78 is 68.1. The van der Waals surface area contributed by atoms with Crippen molar-refractivity contribution in [3.63, 3.8) is 0 Å². The van der Waals surface area contributed by atoms with Crippen molar-refractivity contribution in [2.24, 2.45) is 5.92 Å². The molecule has 0 saturated heterocycles. The van der Waals surface area contributed by atoms with Crippen LogP contribution in [-0.2, 0) is 65.4 Å². The number of unbranched alkanes of at least 4 members (excludes halogenated alkanes) is 39. The van der Waals surface area contributed by atoms with Gasteiger partial charge < -0.3 is 33.8 Å². The molecule has 510 valence electrons. The van der Waals surface area contributed by atoms with Crippen LogP contribution in [-0.4, -0.2) is 96.7 Å². The third-order valence-electron chi connectivity index (χ3n) is 15.5. The molecule has 17 nitrogen and oxygen atoms in total. The predicted molar refractivity (Wildman–Crippen MR) is 345 cm³/mol. The van der Waals surface area contributed by atoms with Gasteiger partial charge in [0.15, 0.2) is 12.2 Å². The lowest BCUT2D eigenvalue weighted by molar-refractivity contribution is -0.161. The van der Waals surface area contributed by atoms with Crippen molar-refractivity contribution < 1.29 is 80.2 Å². The van der Waals surface area contributed by atoms with E-state index in [9.17, 15) is 43.2 Å². The number of hydrogen-bond donors (Lipinski definition) is 3. The molecule has 0 aliphatic heterocycles. The topological polar surface area (TPSA) is 237 Å². The van der Waals surface area contributed by atoms with E-state index in [-0.39, 0.29) is 25.7 Å². The standard InChI is InChI=1S/C67H130O17P2/c1-6-9-12-15-18-21-24-26-28-31-37-42-47-52-66(71)83-62(56-78-65(70)51-46-41-36-30-27-25-22-19-16-13-10-7-2)58-81-85(73,74)79-54-61(68)55-80-86(75,76)82-59-63(57-77-64(69)50-45-40-35-29-23-20-17-14-11-8-3)84-67(72)53-48-43-38-33-32-34-39-44-49-60(4)5/h60-63,68H,6-59H2,1-5H3,(H,73,74)(H,75,76)/t61-,62-,63-/m1/s1. The Morgan fingerprint density at radius 3 is 0.791 bits per heavy atom. The van der Waals surface area contributed by atoms with Gasteiger partial charge in [0.2, 0.25) is 0 Å². The van der Waals surface area contributed by atoms with E-state index in [0.717, 1.165) is 95.8 Å². The second-order valence-electron chi connectivity index (χ2n) is 24.7. The fraction of sp³-hybridized carbons (Fsp3) is 0.940. The smallest absolute Gasteiger partial charge is 0.462 e. The van der Waals surface area contributed by atoms with Crippen LogP contribution in [0, 0.1) is 5.92 Å². The van der Waals surface area contributed by atoms with Crippen molar-refractivity contribution in [1.82, 2.24) is 0 Å². The highest BCUT2D eigenvalue weighted by Gasteiger charge is 2.30. The Labute approximate surface area is 524 Å². The molecule has 0 rings (SSSR count). The number of rotatable bonds is 67. The maximum absolute atomic E-state index is 13.0. The molecule has 0 aromatic rings. The Balaban J connectivity index is 5.24. The minimum atomic E-state index is -4.95. The number of carbonyl (C=O) groups is 4. The molecule has 86 heavy (non-hydrogen) atoms. The second kappa shape index (κ2) is 60.6. The Morgan fingerprint density at radius 1 is 0.314 bits per heavy atom. The summed E-state index contributed by atoms with van der Waals surface area (Å²) in [5.74, 6) is -1.41. The van der Waals surface area contributed by atoms with E-state index in [2.05, 4.69) is 34.6 Å². The van der Waals surface area contributed by atoms with Crippen LogP contribution in [0.5, 0.6) is 0 Å². The fourth-order valence-electron chi connectivity index (χ4n) is 10.1. The molecule has 2 unspecified atom stereocenters. The first-order chi connectivity index (χ1) is 41.5. The Hall–Kier alpha value is -1.94. The van der Waals surface area contributed by atoms with Gasteiger partial charge >= 0.3 is 39.5 Å². The highest BCUT2D eigenvalue weighted by Crippen LogP contribution is 2.45. The fourth-order valence-corrected chi connectivity index (χ4v) is 11.7. The number of aliphatic hydroxyl groups is 1. The molecule has 0 saturated carbocycles. The number of ether oxygens (including phenoxy) is 4. The van der Waals surface area contributed by atoms with Gasteiger partial charge in [0, 0.05) is 25.7 Å². The number of phosphoric ester groups is 2. The zero-order valence-electron chi connectivity index (χ0n) is 55.4. The molecule has 0 spiro atoms. The first-order valence-electron chi connectivity index (χ1n) is 35.1. The zero-order chi connectivity index (χ0) is 63.5. The monoisotopic (exact) mass is 1270 g/mol. The maximum atomic E-state index is 13.0. The highest BCUT2D eigenvalue weighted by molar-refractivity contribution is 7.47. The van der Waals surface area contributed by atoms with Crippen molar-refractivity contribution in [2.45, 2.75) is 361 Å². The van der Waals surface area contributed by atoms with Crippen LogP contribution in [0.2, 0.25) is 0 Å². The van der Waals surface area contributed by atoms with Crippen LogP contribution in [0.3, 0.4) is 0 Å². The Morgan fingerprint density at radius 2 is 0.535 bits per heavy atom. The summed E-state index contributed by atoms with van der Waals surface area (Å²) in [5, 5.41) is 10.6. The summed E-state index contributed by atoms with van der Waals surface area (Å²) in [6, 6.07) is 0. The van der Waals surface area contributed by atoms with E-state index in [1.165, 1.54) is 167 Å². The van der Waals surface area contributed by atoms with Crippen molar-refractivity contribution in [2.75, 3.05) is 39.6 Å². The largest absolute Gasteiger partial charge is 0.472 e. The normalized spacial score (nSPS) is 14.2. The minimum absolute atomic E-state index is 0.105. The van der Waals surface area contributed by atoms with E-state index in [4.69, 9.17) is 37.0 Å². The summed E-state index contributed by atoms with van der Waals surface area (Å²) in [4.78, 5) is 72.4. The predicted octanol–water partition coefficient (Wildman–Crippen LogP) is 19.0. The van der Waals surface area contributed by atoms with E-state index < -0.39 is 97.5 Å². The van der Waals surface area contributed by atoms with Gasteiger partial charge in [-0.3, -0.25) is 37.3 Å². The van der Waals surface area contributed by atoms with E-state index >= 15 is 0 Å². The molecule has 0 heterocycles. The van der Waals surface area contributed by atoms with Crippen molar-refractivity contribution >= 4 is 39.5 Å². The number of carbonyl (C=O) groups excluding carboxylic acids is 4. The first kappa shape index (κ1) is 84.1. The van der Waals surface area contributed by atoms with Gasteiger partial charge in [0.05, 0.1) is 26.4 Å². The molecule has 3 N–H and O–H groups in total. The molecular weight excluding hydrogens is 1140 g/mol. The van der Waals surface area contributed by atoms with Crippen LogP contribution < -0.4 is 0 Å². The van der Waals surface area contributed by atoms with E-state index in [1.54, 1.807) is 0 Å². The maximum Gasteiger partial charge on any atom is 0.472 e. The summed E-state index contributed by atoms with van der Waals surface area (Å²) >= 11 is 0. The number of hydrogen-bond acceptors (Lipinski definition) is 15. The van der Waals surface area contributed by atoms with Crippen LogP contribution in [0.25, 0.3) is 0 Å². The van der Waals surface area contributed by atoms with Crippen molar-refractivity contribution in [1.29, 1.82) is 0 Å². The van der Waals surface area contributed by atoms with Gasteiger partial charge in [-0.15, -0.1) is 0 Å². The lowest BCUT2D eigenvalue weighted by Crippen LogP contribution is -2.30. The number of phosphoric acid groups is 2. The van der Waals surface area contributed by atoms with E-state index in [0.29, 0.717) is 25.7 Å². The molecule has 19 heteroatoms. The summed E-state index contributed by atoms with van der Waals surface area (Å²) in [7, 11) is -9.89. The van der Waals surface area contributed by atoms with Crippen LogP contribution >= 0.6 is 15.6 Å². The molecule has 0 aliphatic carbocycles. The van der Waals surface area contributed by atoms with Gasteiger partial charge in [-0.2, -0.15) is 0 Å². The molecule has 0 aromatic heterocycles. The average Bonchev–Trinajstić information content (AvgIpc) is 3.69. The molecule has 0 radical (unpaired) electrons. The lowest BCUT2D eigenvalue weighted by atomic mass is 10.0. The second-order valence-corrected chi connectivity index (χ2v) is 27.6. The average molecular weight is 1270 g/mol. The summed E-state index contributed by atoms with van der Waals surface area (Å²) in [5.41, 5.74) is 0. The van der Waals surface area contributed by atoms with Gasteiger partial charge in [-0.1, -0.05) is 291 Å². The lowest BCUT2D eigenvalue weighted by Gasteiger charge is -2.21. The third-order valence-corrected chi connectivity index (χ3v) is 17.4. The molecule has 5 atom stereocenters. The molecular formula is C67H130O17P2. The van der Waals surface area contributed by atoms with Crippen LogP contribution in [0.15, 0.2) is 0 Å². The van der Waals surface area contributed by atoms with Gasteiger partial charge in [0.1, 0.15) is 19.3 Å². The summed E-state index contributed by atoms with van der Waals surface area (Å²) in [6.07, 6.45) is 45.7. The summed E-state index contributed by atoms with van der Waals surface area (Å²) in [6.45, 7) is 7.18. The highest BCUT2D eigenvalue weighted by atomic mass is 31.2. The van der Waals surface area contributed by atoms with Gasteiger partial charge in [0.25, 0.3) is 0 Å². The zero-order valence-corrected chi connectivity index (χ0v) is 57.2. The molecule has 0 aliphatic rings. The molecule has 0 bridgehead atoms.